The molecule has 0 radical (unpaired) electrons. The van der Waals surface area contributed by atoms with Crippen molar-refractivity contribution < 1.29 is 9.53 Å². The maximum Gasteiger partial charge on any atom is 0.308 e. The van der Waals surface area contributed by atoms with E-state index >= 15 is 0 Å². The Morgan fingerprint density at radius 3 is 2.36 bits per heavy atom. The molecule has 0 aromatic rings. The van der Waals surface area contributed by atoms with Crippen molar-refractivity contribution in [1.29, 1.82) is 0 Å². The van der Waals surface area contributed by atoms with Crippen LogP contribution in [0.25, 0.3) is 0 Å². The summed E-state index contributed by atoms with van der Waals surface area (Å²) >= 11 is 0. The Balaban J connectivity index is 3.48. The van der Waals surface area contributed by atoms with Gasteiger partial charge in [0.15, 0.2) is 0 Å². The van der Waals surface area contributed by atoms with Crippen molar-refractivity contribution in [2.24, 2.45) is 11.8 Å². The molecular weight excluding hydrogens is 176 g/mol. The summed E-state index contributed by atoms with van der Waals surface area (Å²) in [5.41, 5.74) is 0. The van der Waals surface area contributed by atoms with E-state index in [0.717, 1.165) is 18.8 Å². The molecule has 0 saturated heterocycles. The van der Waals surface area contributed by atoms with Crippen LogP contribution in [-0.4, -0.2) is 13.1 Å². The molecule has 0 rings (SSSR count). The fourth-order valence-corrected chi connectivity index (χ4v) is 1.73. The first-order valence-corrected chi connectivity index (χ1v) is 5.69. The van der Waals surface area contributed by atoms with Crippen molar-refractivity contribution in [2.75, 3.05) is 7.11 Å². The van der Waals surface area contributed by atoms with E-state index in [4.69, 9.17) is 0 Å². The summed E-state index contributed by atoms with van der Waals surface area (Å²) in [6, 6.07) is 0. The highest BCUT2D eigenvalue weighted by atomic mass is 16.5. The minimum Gasteiger partial charge on any atom is -0.469 e. The molecule has 2 nitrogen and oxygen atoms in total. The molecule has 0 spiro atoms. The molecule has 0 aliphatic carbocycles. The zero-order chi connectivity index (χ0) is 11.0. The topological polar surface area (TPSA) is 26.3 Å². The number of rotatable bonds is 7. The van der Waals surface area contributed by atoms with Crippen molar-refractivity contribution in [2.45, 2.75) is 52.9 Å². The highest BCUT2D eigenvalue weighted by molar-refractivity contribution is 5.71. The standard InChI is InChI=1S/C12H24O2/c1-5-7-10(2)8-6-9-11(3)12(13)14-4/h10-11H,5-9H2,1-4H3. The van der Waals surface area contributed by atoms with Gasteiger partial charge in [-0.1, -0.05) is 46.5 Å². The molecule has 0 aromatic heterocycles. The van der Waals surface area contributed by atoms with Crippen molar-refractivity contribution in [3.8, 4) is 0 Å². The van der Waals surface area contributed by atoms with Gasteiger partial charge in [-0.25, -0.2) is 0 Å². The first-order valence-electron chi connectivity index (χ1n) is 5.69. The Bertz CT molecular complexity index is 154. The normalized spacial score (nSPS) is 14.9. The van der Waals surface area contributed by atoms with Crippen LogP contribution in [0.5, 0.6) is 0 Å². The molecule has 0 bridgehead atoms. The van der Waals surface area contributed by atoms with Gasteiger partial charge in [0.2, 0.25) is 0 Å². The van der Waals surface area contributed by atoms with Crippen molar-refractivity contribution in [3.63, 3.8) is 0 Å². The molecule has 2 atom stereocenters. The highest BCUT2D eigenvalue weighted by Gasteiger charge is 2.12. The molecule has 2 heteroatoms. The lowest BCUT2D eigenvalue weighted by Crippen LogP contribution is -2.12. The van der Waals surface area contributed by atoms with Crippen LogP contribution in [0.2, 0.25) is 0 Å². The summed E-state index contributed by atoms with van der Waals surface area (Å²) in [7, 11) is 1.46. The van der Waals surface area contributed by atoms with Gasteiger partial charge in [-0.05, 0) is 12.3 Å². The van der Waals surface area contributed by atoms with Crippen molar-refractivity contribution >= 4 is 5.97 Å². The van der Waals surface area contributed by atoms with Crippen LogP contribution in [0.15, 0.2) is 0 Å². The summed E-state index contributed by atoms with van der Waals surface area (Å²) in [4.78, 5) is 11.1. The summed E-state index contributed by atoms with van der Waals surface area (Å²) in [5, 5.41) is 0. The maximum absolute atomic E-state index is 11.1. The molecule has 84 valence electrons. The Kier molecular flexibility index (Phi) is 7.54. The van der Waals surface area contributed by atoms with E-state index in [1.54, 1.807) is 0 Å². The summed E-state index contributed by atoms with van der Waals surface area (Å²) in [6.45, 7) is 6.44. The Labute approximate surface area is 88.0 Å². The van der Waals surface area contributed by atoms with Gasteiger partial charge in [-0.15, -0.1) is 0 Å². The van der Waals surface area contributed by atoms with Gasteiger partial charge >= 0.3 is 5.97 Å². The van der Waals surface area contributed by atoms with Gasteiger partial charge in [-0.2, -0.15) is 0 Å². The monoisotopic (exact) mass is 200 g/mol. The largest absolute Gasteiger partial charge is 0.469 e. The van der Waals surface area contributed by atoms with Gasteiger partial charge in [0.25, 0.3) is 0 Å². The van der Waals surface area contributed by atoms with Crippen LogP contribution in [0.3, 0.4) is 0 Å². The highest BCUT2D eigenvalue weighted by Crippen LogP contribution is 2.17. The Hall–Kier alpha value is -0.530. The van der Waals surface area contributed by atoms with Gasteiger partial charge < -0.3 is 4.74 Å². The lowest BCUT2D eigenvalue weighted by Gasteiger charge is -2.12. The number of esters is 1. The van der Waals surface area contributed by atoms with Gasteiger partial charge in [0, 0.05) is 0 Å². The van der Waals surface area contributed by atoms with E-state index in [0.29, 0.717) is 0 Å². The van der Waals surface area contributed by atoms with Crippen LogP contribution in [0, 0.1) is 11.8 Å². The zero-order valence-corrected chi connectivity index (χ0v) is 10.0. The number of ether oxygens (including phenoxy) is 1. The Morgan fingerprint density at radius 1 is 1.21 bits per heavy atom. The minimum atomic E-state index is -0.0758. The van der Waals surface area contributed by atoms with E-state index in [9.17, 15) is 4.79 Å². The lowest BCUT2D eigenvalue weighted by atomic mass is 9.96. The molecule has 0 amide bonds. The second-order valence-corrected chi connectivity index (χ2v) is 4.25. The molecule has 0 aromatic carbocycles. The average Bonchev–Trinajstić information content (AvgIpc) is 2.16. The summed E-state index contributed by atoms with van der Waals surface area (Å²) < 4.78 is 4.68. The first-order chi connectivity index (χ1) is 6.61. The van der Waals surface area contributed by atoms with Crippen LogP contribution in [0.1, 0.15) is 52.9 Å². The third-order valence-electron chi connectivity index (χ3n) is 2.72. The minimum absolute atomic E-state index is 0.0637. The zero-order valence-electron chi connectivity index (χ0n) is 10.0. The van der Waals surface area contributed by atoms with E-state index in [2.05, 4.69) is 18.6 Å². The molecule has 0 heterocycles. The number of methoxy groups -OCH3 is 1. The molecule has 2 unspecified atom stereocenters. The van der Waals surface area contributed by atoms with Crippen LogP contribution < -0.4 is 0 Å². The molecule has 0 fully saturated rings. The van der Waals surface area contributed by atoms with Crippen molar-refractivity contribution in [3.05, 3.63) is 0 Å². The van der Waals surface area contributed by atoms with Gasteiger partial charge in [0.05, 0.1) is 13.0 Å². The van der Waals surface area contributed by atoms with Crippen LogP contribution in [-0.2, 0) is 9.53 Å². The molecule has 14 heavy (non-hydrogen) atoms. The fourth-order valence-electron chi connectivity index (χ4n) is 1.73. The second-order valence-electron chi connectivity index (χ2n) is 4.25. The number of hydrogen-bond acceptors (Lipinski definition) is 2. The second kappa shape index (κ2) is 7.84. The third kappa shape index (κ3) is 6.01. The van der Waals surface area contributed by atoms with Gasteiger partial charge in [-0.3, -0.25) is 4.79 Å². The molecule has 0 aliphatic rings. The van der Waals surface area contributed by atoms with Crippen LogP contribution >= 0.6 is 0 Å². The first kappa shape index (κ1) is 13.5. The fraction of sp³-hybridized carbons (Fsp3) is 0.917. The average molecular weight is 200 g/mol. The van der Waals surface area contributed by atoms with E-state index in [1.807, 2.05) is 6.92 Å². The molecule has 0 aliphatic heterocycles. The summed E-state index contributed by atoms with van der Waals surface area (Å²) in [5.74, 6) is 0.784. The van der Waals surface area contributed by atoms with E-state index in [-0.39, 0.29) is 11.9 Å². The quantitative estimate of drug-likeness (QED) is 0.589. The molecular formula is C12H24O2. The Morgan fingerprint density at radius 2 is 1.86 bits per heavy atom. The predicted octanol–water partition coefficient (Wildman–Crippen LogP) is 3.40. The molecule has 0 N–H and O–H groups in total. The number of carbonyl (C=O) groups is 1. The van der Waals surface area contributed by atoms with Crippen molar-refractivity contribution in [1.82, 2.24) is 0 Å². The number of carbonyl (C=O) groups excluding carboxylic acids is 1. The smallest absolute Gasteiger partial charge is 0.308 e. The van der Waals surface area contributed by atoms with Crippen LogP contribution in [0.4, 0.5) is 0 Å². The van der Waals surface area contributed by atoms with E-state index < -0.39 is 0 Å². The molecule has 0 saturated carbocycles. The maximum atomic E-state index is 11.1. The third-order valence-corrected chi connectivity index (χ3v) is 2.72. The number of hydrogen-bond donors (Lipinski definition) is 0. The summed E-state index contributed by atoms with van der Waals surface area (Å²) in [6.07, 6.45) is 5.88. The predicted molar refractivity (Wildman–Crippen MR) is 59.1 cm³/mol. The van der Waals surface area contributed by atoms with Gasteiger partial charge in [0.1, 0.15) is 0 Å². The van der Waals surface area contributed by atoms with E-state index in [1.165, 1.54) is 26.4 Å². The lowest BCUT2D eigenvalue weighted by molar-refractivity contribution is -0.145. The SMILES string of the molecule is CCCC(C)CCCC(C)C(=O)OC.